The van der Waals surface area contributed by atoms with Crippen molar-refractivity contribution in [2.24, 2.45) is 0 Å². The summed E-state index contributed by atoms with van der Waals surface area (Å²) in [5.41, 5.74) is 12.1. The Morgan fingerprint density at radius 3 is 2.94 bits per heavy atom. The molecule has 0 amide bonds. The van der Waals surface area contributed by atoms with Crippen molar-refractivity contribution in [1.29, 1.82) is 0 Å². The summed E-state index contributed by atoms with van der Waals surface area (Å²) in [4.78, 5) is 7.89. The minimum absolute atomic E-state index is 0.133. The fourth-order valence-electron chi connectivity index (χ4n) is 1.19. The summed E-state index contributed by atoms with van der Waals surface area (Å²) in [6.45, 7) is 0.730. The molecular formula is C10H12IN5. The molecule has 0 aromatic carbocycles. The molecule has 0 spiro atoms. The number of hydrogen-bond donors (Lipinski definition) is 2. The first-order chi connectivity index (χ1) is 7.75. The van der Waals surface area contributed by atoms with E-state index in [0.717, 1.165) is 12.1 Å². The molecule has 2 rings (SSSR count). The van der Waals surface area contributed by atoms with Crippen LogP contribution in [0.5, 0.6) is 0 Å². The number of halogens is 1. The molecule has 0 bridgehead atoms. The molecule has 1 aromatic rings. The van der Waals surface area contributed by atoms with Gasteiger partial charge in [0.2, 0.25) is 0 Å². The third kappa shape index (κ3) is 2.78. The van der Waals surface area contributed by atoms with Crippen LogP contribution in [0, 0.1) is 0 Å². The molecule has 4 N–H and O–H groups in total. The van der Waals surface area contributed by atoms with Crippen molar-refractivity contribution >= 4 is 18.0 Å². The van der Waals surface area contributed by atoms with Crippen LogP contribution in [0.4, 0.5) is 11.8 Å². The quantitative estimate of drug-likeness (QED) is 0.458. The van der Waals surface area contributed by atoms with Gasteiger partial charge in [-0.1, -0.05) is 0 Å². The fourth-order valence-corrected chi connectivity index (χ4v) is 2.97. The normalized spacial score (nSPS) is 15.1. The van der Waals surface area contributed by atoms with E-state index in [1.54, 1.807) is 6.20 Å². The SMILES string of the molecule is Nc1ncc(C[N+]2=CC=CC=C[I-]2)c(N)n1. The zero-order valence-electron chi connectivity index (χ0n) is 8.55. The molecule has 0 saturated carbocycles. The number of hydrogen-bond acceptors (Lipinski definition) is 4. The second-order valence-corrected chi connectivity index (χ2v) is 5.66. The summed E-state index contributed by atoms with van der Waals surface area (Å²) in [6, 6.07) is 0. The molecule has 1 aromatic heterocycles. The van der Waals surface area contributed by atoms with Crippen LogP contribution in [-0.2, 0) is 6.54 Å². The van der Waals surface area contributed by atoms with Crippen molar-refractivity contribution in [1.82, 2.24) is 9.97 Å². The van der Waals surface area contributed by atoms with Gasteiger partial charge in [0.1, 0.15) is 0 Å². The summed E-state index contributed by atoms with van der Waals surface area (Å²) < 4.78 is 4.41. The van der Waals surface area contributed by atoms with Crippen LogP contribution in [0.1, 0.15) is 5.56 Å². The molecule has 16 heavy (non-hydrogen) atoms. The Labute approximate surface area is 104 Å². The average Bonchev–Trinajstić information content (AvgIpc) is 2.51. The monoisotopic (exact) mass is 329 g/mol. The number of nitrogens with two attached hydrogens (primary N) is 2. The molecule has 0 radical (unpaired) electrons. The van der Waals surface area contributed by atoms with E-state index in [-0.39, 0.29) is 27.4 Å². The molecule has 1 aliphatic heterocycles. The van der Waals surface area contributed by atoms with Gasteiger partial charge >= 0.3 is 104 Å². The van der Waals surface area contributed by atoms with Gasteiger partial charge in [-0.05, 0) is 0 Å². The first-order valence-electron chi connectivity index (χ1n) is 4.69. The zero-order valence-corrected chi connectivity index (χ0v) is 10.7. The van der Waals surface area contributed by atoms with E-state index >= 15 is 0 Å². The van der Waals surface area contributed by atoms with Gasteiger partial charge in [-0.25, -0.2) is 0 Å². The van der Waals surface area contributed by atoms with Gasteiger partial charge in [0.25, 0.3) is 0 Å². The van der Waals surface area contributed by atoms with Gasteiger partial charge < -0.3 is 0 Å². The topological polar surface area (TPSA) is 80.8 Å². The van der Waals surface area contributed by atoms with Crippen molar-refractivity contribution in [3.63, 3.8) is 0 Å². The number of nitrogens with zero attached hydrogens (tertiary/aromatic N) is 3. The molecule has 0 atom stereocenters. The van der Waals surface area contributed by atoms with E-state index < -0.39 is 0 Å². The van der Waals surface area contributed by atoms with Crippen molar-refractivity contribution in [2.75, 3.05) is 11.5 Å². The summed E-state index contributed by atoms with van der Waals surface area (Å²) in [6.07, 6.45) is 9.84. The van der Waals surface area contributed by atoms with E-state index in [0.29, 0.717) is 5.82 Å². The molecule has 0 saturated heterocycles. The van der Waals surface area contributed by atoms with Gasteiger partial charge in [0, 0.05) is 0 Å². The van der Waals surface area contributed by atoms with Crippen LogP contribution >= 0.6 is 0 Å². The predicted molar refractivity (Wildman–Crippen MR) is 59.2 cm³/mol. The molecule has 0 unspecified atom stereocenters. The van der Waals surface area contributed by atoms with E-state index in [1.165, 1.54) is 0 Å². The summed E-state index contributed by atoms with van der Waals surface area (Å²) in [5, 5.41) is 0. The molecule has 0 aliphatic carbocycles. The summed E-state index contributed by atoms with van der Waals surface area (Å²) in [7, 11) is 0. The van der Waals surface area contributed by atoms with Crippen molar-refractivity contribution < 1.29 is 24.3 Å². The molecule has 84 valence electrons. The molecule has 1 aliphatic rings. The van der Waals surface area contributed by atoms with Crippen LogP contribution in [0.2, 0.25) is 0 Å². The van der Waals surface area contributed by atoms with Gasteiger partial charge in [0.05, 0.1) is 0 Å². The number of rotatable bonds is 2. The van der Waals surface area contributed by atoms with Gasteiger partial charge in [-0.15, -0.1) is 0 Å². The van der Waals surface area contributed by atoms with Crippen molar-refractivity contribution in [3.8, 4) is 0 Å². The Balaban J connectivity index is 2.17. The van der Waals surface area contributed by atoms with Crippen LogP contribution in [0.3, 0.4) is 0 Å². The number of anilines is 2. The molecule has 6 heteroatoms. The second kappa shape index (κ2) is 5.06. The van der Waals surface area contributed by atoms with Crippen LogP contribution in [-0.4, -0.2) is 19.0 Å². The summed E-state index contributed by atoms with van der Waals surface area (Å²) >= 11 is -0.133. The Hall–Kier alpha value is -1.44. The zero-order chi connectivity index (χ0) is 11.4. The number of aromatic nitrogens is 2. The maximum absolute atomic E-state index is 5.78. The minimum atomic E-state index is -0.133. The van der Waals surface area contributed by atoms with Gasteiger partial charge in [-0.3, -0.25) is 0 Å². The predicted octanol–water partition coefficient (Wildman–Crippen LogP) is -2.69. The van der Waals surface area contributed by atoms with Gasteiger partial charge in [0.15, 0.2) is 0 Å². The number of allylic oxidation sites excluding steroid dienone is 3. The third-order valence-corrected chi connectivity index (χ3v) is 4.08. The Morgan fingerprint density at radius 2 is 2.12 bits per heavy atom. The van der Waals surface area contributed by atoms with Crippen LogP contribution in [0.15, 0.2) is 28.5 Å². The first-order valence-corrected chi connectivity index (χ1v) is 6.90. The van der Waals surface area contributed by atoms with Crippen molar-refractivity contribution in [2.45, 2.75) is 6.54 Å². The molecule has 5 nitrogen and oxygen atoms in total. The second-order valence-electron chi connectivity index (χ2n) is 3.15. The summed E-state index contributed by atoms with van der Waals surface area (Å²) in [5.74, 6) is 0.678. The Bertz CT molecular complexity index is 478. The van der Waals surface area contributed by atoms with Crippen LogP contribution < -0.4 is 32.9 Å². The van der Waals surface area contributed by atoms with Crippen molar-refractivity contribution in [3.05, 3.63) is 34.1 Å². The maximum atomic E-state index is 5.78. The molecule has 2 heterocycles. The van der Waals surface area contributed by atoms with Gasteiger partial charge in [-0.2, -0.15) is 0 Å². The number of nitrogen functional groups attached to an aromatic ring is 2. The molecular weight excluding hydrogens is 317 g/mol. The Kier molecular flexibility index (Phi) is 3.50. The van der Waals surface area contributed by atoms with Crippen LogP contribution in [0.25, 0.3) is 0 Å². The third-order valence-electron chi connectivity index (χ3n) is 1.96. The standard InChI is InChI=1S/C10H12IN5/c12-9-8(6-14-10(13)15-9)7-16-5-3-1-2-4-11-16/h1-6H,7H2,(H4,12,13,14,15). The average molecular weight is 329 g/mol. The molecule has 0 fully saturated rings. The van der Waals surface area contributed by atoms with E-state index in [1.807, 2.05) is 12.2 Å². The fraction of sp³-hybridized carbons (Fsp3) is 0.100. The Morgan fingerprint density at radius 1 is 1.25 bits per heavy atom. The van der Waals surface area contributed by atoms with E-state index in [9.17, 15) is 0 Å². The first kappa shape index (κ1) is 11.1. The van der Waals surface area contributed by atoms with E-state index in [2.05, 4.69) is 29.1 Å². The van der Waals surface area contributed by atoms with E-state index in [4.69, 9.17) is 11.5 Å².